The molecule has 2 fully saturated rings. The lowest BCUT2D eigenvalue weighted by Gasteiger charge is -2.36. The second kappa shape index (κ2) is 8.84. The molecule has 1 saturated carbocycles. The average Bonchev–Trinajstić information content (AvgIpc) is 2.59. The van der Waals surface area contributed by atoms with E-state index < -0.39 is 6.10 Å². The quantitative estimate of drug-likeness (QED) is 0.841. The number of piperidine rings is 1. The highest BCUT2D eigenvalue weighted by Gasteiger charge is 2.33. The Hall–Kier alpha value is -1.10. The van der Waals surface area contributed by atoms with Gasteiger partial charge in [-0.15, -0.1) is 0 Å². The molecule has 0 spiro atoms. The smallest absolute Gasteiger partial charge is 0.126 e. The summed E-state index contributed by atoms with van der Waals surface area (Å²) in [4.78, 5) is 2.53. The predicted octanol–water partition coefficient (Wildman–Crippen LogP) is 2.73. The van der Waals surface area contributed by atoms with Gasteiger partial charge in [0.1, 0.15) is 18.0 Å². The van der Waals surface area contributed by atoms with Crippen molar-refractivity contribution in [3.05, 3.63) is 29.8 Å². The Kier molecular flexibility index (Phi) is 6.52. The number of aryl methyl sites for hydroxylation is 1. The summed E-state index contributed by atoms with van der Waals surface area (Å²) in [6.07, 6.45) is 6.58. The van der Waals surface area contributed by atoms with Crippen LogP contribution in [-0.4, -0.2) is 54.4 Å². The number of ether oxygens (including phenoxy) is 1. The maximum atomic E-state index is 10.7. The third-order valence-electron chi connectivity index (χ3n) is 5.36. The molecule has 3 atom stereocenters. The molecular weight excluding hydrogens is 300 g/mol. The predicted molar refractivity (Wildman–Crippen MR) is 97.5 cm³/mol. The lowest BCUT2D eigenvalue weighted by molar-refractivity contribution is -0.0157. The Morgan fingerprint density at radius 2 is 2.00 bits per heavy atom. The van der Waals surface area contributed by atoms with E-state index in [1.54, 1.807) is 0 Å². The summed E-state index contributed by atoms with van der Waals surface area (Å²) in [5.74, 6) is 0.869. The number of aliphatic hydroxyl groups is 1. The SMILES string of the molecule is Cc1cccc(O[C@@H]2CCC[C@H](NCCN3CCCCC3)[C@H]2O)c1. The van der Waals surface area contributed by atoms with Gasteiger partial charge in [-0.2, -0.15) is 0 Å². The number of nitrogens with zero attached hydrogens (tertiary/aromatic N) is 1. The number of hydrogen-bond donors (Lipinski definition) is 2. The molecule has 3 rings (SSSR count). The van der Waals surface area contributed by atoms with E-state index in [4.69, 9.17) is 4.74 Å². The number of hydrogen-bond acceptors (Lipinski definition) is 4. The van der Waals surface area contributed by atoms with Gasteiger partial charge < -0.3 is 20.1 Å². The molecule has 1 aromatic rings. The fourth-order valence-corrected chi connectivity index (χ4v) is 3.95. The molecule has 0 bridgehead atoms. The van der Waals surface area contributed by atoms with Crippen molar-refractivity contribution in [2.24, 2.45) is 0 Å². The second-order valence-electron chi connectivity index (χ2n) is 7.36. The van der Waals surface area contributed by atoms with E-state index in [-0.39, 0.29) is 12.1 Å². The monoisotopic (exact) mass is 332 g/mol. The molecule has 4 nitrogen and oxygen atoms in total. The van der Waals surface area contributed by atoms with E-state index in [2.05, 4.69) is 23.2 Å². The molecule has 1 heterocycles. The van der Waals surface area contributed by atoms with Gasteiger partial charge in [0, 0.05) is 19.1 Å². The van der Waals surface area contributed by atoms with Crippen molar-refractivity contribution in [1.82, 2.24) is 10.2 Å². The van der Waals surface area contributed by atoms with E-state index in [0.717, 1.165) is 38.1 Å². The third-order valence-corrected chi connectivity index (χ3v) is 5.36. The first-order chi connectivity index (χ1) is 11.7. The van der Waals surface area contributed by atoms with E-state index in [1.807, 2.05) is 18.2 Å². The van der Waals surface area contributed by atoms with Crippen molar-refractivity contribution < 1.29 is 9.84 Å². The molecule has 1 aliphatic carbocycles. The molecule has 0 unspecified atom stereocenters. The maximum Gasteiger partial charge on any atom is 0.126 e. The first kappa shape index (κ1) is 17.7. The minimum atomic E-state index is -0.430. The first-order valence-electron chi connectivity index (χ1n) is 9.59. The van der Waals surface area contributed by atoms with Crippen LogP contribution in [0.5, 0.6) is 5.75 Å². The Labute approximate surface area is 146 Å². The van der Waals surface area contributed by atoms with Gasteiger partial charge in [0.25, 0.3) is 0 Å². The van der Waals surface area contributed by atoms with Crippen molar-refractivity contribution in [2.45, 2.75) is 63.7 Å². The van der Waals surface area contributed by atoms with Gasteiger partial charge in [-0.1, -0.05) is 18.6 Å². The van der Waals surface area contributed by atoms with Crippen LogP contribution >= 0.6 is 0 Å². The second-order valence-corrected chi connectivity index (χ2v) is 7.36. The Bertz CT molecular complexity index is 502. The number of rotatable bonds is 6. The lowest BCUT2D eigenvalue weighted by atomic mass is 9.90. The minimum absolute atomic E-state index is 0.104. The molecule has 2 N–H and O–H groups in total. The molecule has 4 heteroatoms. The van der Waals surface area contributed by atoms with Crippen molar-refractivity contribution >= 4 is 0 Å². The van der Waals surface area contributed by atoms with E-state index >= 15 is 0 Å². The summed E-state index contributed by atoms with van der Waals surface area (Å²) in [7, 11) is 0. The van der Waals surface area contributed by atoms with Crippen LogP contribution in [-0.2, 0) is 0 Å². The number of aliphatic hydroxyl groups excluding tert-OH is 1. The lowest BCUT2D eigenvalue weighted by Crippen LogP contribution is -2.52. The highest BCUT2D eigenvalue weighted by atomic mass is 16.5. The van der Waals surface area contributed by atoms with Crippen LogP contribution in [0, 0.1) is 6.92 Å². The molecule has 0 aromatic heterocycles. The van der Waals surface area contributed by atoms with Gasteiger partial charge >= 0.3 is 0 Å². The molecule has 1 aromatic carbocycles. The van der Waals surface area contributed by atoms with Crippen LogP contribution in [0.4, 0.5) is 0 Å². The summed E-state index contributed by atoms with van der Waals surface area (Å²) in [5.41, 5.74) is 1.19. The van der Waals surface area contributed by atoms with Crippen LogP contribution in [0.3, 0.4) is 0 Å². The summed E-state index contributed by atoms with van der Waals surface area (Å²) < 4.78 is 6.07. The van der Waals surface area contributed by atoms with Gasteiger partial charge in [0.05, 0.1) is 0 Å². The maximum absolute atomic E-state index is 10.7. The molecule has 2 aliphatic rings. The molecule has 0 amide bonds. The normalized spacial score (nSPS) is 28.7. The van der Waals surface area contributed by atoms with Crippen LogP contribution in [0.2, 0.25) is 0 Å². The molecule has 1 aliphatic heterocycles. The zero-order chi connectivity index (χ0) is 16.8. The van der Waals surface area contributed by atoms with E-state index in [9.17, 15) is 5.11 Å². The Morgan fingerprint density at radius 3 is 2.79 bits per heavy atom. The fraction of sp³-hybridized carbons (Fsp3) is 0.700. The highest BCUT2D eigenvalue weighted by Crippen LogP contribution is 2.25. The summed E-state index contributed by atoms with van der Waals surface area (Å²) in [6.45, 7) is 6.57. The van der Waals surface area contributed by atoms with Crippen LogP contribution < -0.4 is 10.1 Å². The Balaban J connectivity index is 1.46. The highest BCUT2D eigenvalue weighted by molar-refractivity contribution is 5.27. The average molecular weight is 332 g/mol. The zero-order valence-electron chi connectivity index (χ0n) is 14.9. The first-order valence-corrected chi connectivity index (χ1v) is 9.59. The number of likely N-dealkylation sites (tertiary alicyclic amines) is 1. The van der Waals surface area contributed by atoms with Crippen LogP contribution in [0.25, 0.3) is 0 Å². The Morgan fingerprint density at radius 1 is 1.17 bits per heavy atom. The van der Waals surface area contributed by atoms with Crippen molar-refractivity contribution in [3.8, 4) is 5.75 Å². The largest absolute Gasteiger partial charge is 0.488 e. The van der Waals surface area contributed by atoms with Gasteiger partial charge in [-0.05, 0) is 69.8 Å². The summed E-state index contributed by atoms with van der Waals surface area (Å²) in [5, 5.41) is 14.3. The molecule has 24 heavy (non-hydrogen) atoms. The zero-order valence-corrected chi connectivity index (χ0v) is 14.9. The number of nitrogens with one attached hydrogen (secondary N) is 1. The molecule has 1 saturated heterocycles. The summed E-state index contributed by atoms with van der Waals surface area (Å²) >= 11 is 0. The standard InChI is InChI=1S/C20H32N2O2/c1-16-7-5-8-17(15-16)24-19-10-6-9-18(20(19)23)21-11-14-22-12-3-2-4-13-22/h5,7-8,15,18-21,23H,2-4,6,9-14H2,1H3/t18-,19+,20+/m0/s1. The minimum Gasteiger partial charge on any atom is -0.488 e. The van der Waals surface area contributed by atoms with Gasteiger partial charge in [-0.25, -0.2) is 0 Å². The summed E-state index contributed by atoms with van der Waals surface area (Å²) in [6, 6.07) is 8.25. The molecular formula is C20H32N2O2. The topological polar surface area (TPSA) is 44.7 Å². The van der Waals surface area contributed by atoms with Crippen LogP contribution in [0.1, 0.15) is 44.1 Å². The van der Waals surface area contributed by atoms with Crippen LogP contribution in [0.15, 0.2) is 24.3 Å². The fourth-order valence-electron chi connectivity index (χ4n) is 3.95. The van der Waals surface area contributed by atoms with Gasteiger partial charge in [0.2, 0.25) is 0 Å². The van der Waals surface area contributed by atoms with E-state index in [0.29, 0.717) is 0 Å². The van der Waals surface area contributed by atoms with Gasteiger partial charge in [0.15, 0.2) is 0 Å². The third kappa shape index (κ3) is 4.95. The van der Waals surface area contributed by atoms with Crippen molar-refractivity contribution in [3.63, 3.8) is 0 Å². The van der Waals surface area contributed by atoms with Crippen molar-refractivity contribution in [2.75, 3.05) is 26.2 Å². The van der Waals surface area contributed by atoms with Crippen molar-refractivity contribution in [1.29, 1.82) is 0 Å². The molecule has 0 radical (unpaired) electrons. The molecule has 134 valence electrons. The van der Waals surface area contributed by atoms with Gasteiger partial charge in [-0.3, -0.25) is 0 Å². The van der Waals surface area contributed by atoms with E-state index in [1.165, 1.54) is 37.9 Å². The number of benzene rings is 1.